The topological polar surface area (TPSA) is 61.0 Å². The van der Waals surface area contributed by atoms with Crippen molar-refractivity contribution < 1.29 is 4.74 Å². The summed E-state index contributed by atoms with van der Waals surface area (Å²) in [6, 6.07) is 2.01. The largest absolute Gasteiger partial charge is 0.373 e. The van der Waals surface area contributed by atoms with E-state index in [1.807, 2.05) is 13.0 Å². The summed E-state index contributed by atoms with van der Waals surface area (Å²) in [4.78, 5) is 8.84. The molecule has 96 valence electrons. The Balaban J connectivity index is 2.97. The highest BCUT2D eigenvalue weighted by molar-refractivity contribution is 5.07. The lowest BCUT2D eigenvalue weighted by Gasteiger charge is -2.28. The molecule has 1 aromatic heterocycles. The van der Waals surface area contributed by atoms with Crippen LogP contribution in [-0.2, 0) is 11.2 Å². The number of nitrogens with two attached hydrogens (primary N) is 1. The van der Waals surface area contributed by atoms with Gasteiger partial charge in [-0.2, -0.15) is 0 Å². The number of methoxy groups -OCH3 is 1. The molecule has 4 nitrogen and oxygen atoms in total. The van der Waals surface area contributed by atoms with Gasteiger partial charge >= 0.3 is 0 Å². The molecule has 0 radical (unpaired) electrons. The molecule has 17 heavy (non-hydrogen) atoms. The van der Waals surface area contributed by atoms with Crippen molar-refractivity contribution in [3.63, 3.8) is 0 Å². The van der Waals surface area contributed by atoms with Gasteiger partial charge in [-0.25, -0.2) is 9.97 Å². The van der Waals surface area contributed by atoms with Gasteiger partial charge in [0.2, 0.25) is 0 Å². The van der Waals surface area contributed by atoms with Gasteiger partial charge in [-0.1, -0.05) is 20.8 Å². The first kappa shape index (κ1) is 14.1. The van der Waals surface area contributed by atoms with Gasteiger partial charge in [-0.3, -0.25) is 0 Å². The number of ether oxygens (including phenoxy) is 1. The molecule has 1 aromatic rings. The van der Waals surface area contributed by atoms with Gasteiger partial charge in [0.1, 0.15) is 6.10 Å². The standard InChI is InChI=1S/C13H23N3O/c1-9(14)8-10-6-7-15-12(16-10)11(17-5)13(2,3)4/h6-7,9,11H,8,14H2,1-5H3. The number of hydrogen-bond donors (Lipinski definition) is 1. The van der Waals surface area contributed by atoms with E-state index in [0.29, 0.717) is 0 Å². The summed E-state index contributed by atoms with van der Waals surface area (Å²) in [5.41, 5.74) is 6.72. The number of aromatic nitrogens is 2. The molecule has 0 saturated heterocycles. The highest BCUT2D eigenvalue weighted by Gasteiger charge is 2.28. The van der Waals surface area contributed by atoms with Crippen LogP contribution in [0.3, 0.4) is 0 Å². The van der Waals surface area contributed by atoms with Crippen molar-refractivity contribution in [3.8, 4) is 0 Å². The lowest BCUT2D eigenvalue weighted by Crippen LogP contribution is -2.24. The minimum absolute atomic E-state index is 0.0261. The van der Waals surface area contributed by atoms with Gasteiger partial charge in [-0.05, 0) is 18.4 Å². The van der Waals surface area contributed by atoms with Crippen LogP contribution in [-0.4, -0.2) is 23.1 Å². The molecule has 1 heterocycles. The maximum Gasteiger partial charge on any atom is 0.157 e. The highest BCUT2D eigenvalue weighted by Crippen LogP contribution is 2.33. The molecule has 2 unspecified atom stereocenters. The van der Waals surface area contributed by atoms with E-state index < -0.39 is 0 Å². The van der Waals surface area contributed by atoms with Crippen LogP contribution in [0.4, 0.5) is 0 Å². The molecule has 0 saturated carbocycles. The lowest BCUT2D eigenvalue weighted by atomic mass is 9.88. The van der Waals surface area contributed by atoms with Gasteiger partial charge < -0.3 is 10.5 Å². The second kappa shape index (κ2) is 5.56. The Bertz CT molecular complexity index is 358. The molecular formula is C13H23N3O. The van der Waals surface area contributed by atoms with E-state index in [1.54, 1.807) is 13.3 Å². The molecule has 0 aliphatic carbocycles. The molecule has 0 amide bonds. The smallest absolute Gasteiger partial charge is 0.157 e. The third-order valence-electron chi connectivity index (χ3n) is 2.52. The quantitative estimate of drug-likeness (QED) is 0.871. The van der Waals surface area contributed by atoms with Gasteiger partial charge in [0.05, 0.1) is 0 Å². The first-order chi connectivity index (χ1) is 7.84. The number of rotatable bonds is 4. The van der Waals surface area contributed by atoms with Gasteiger partial charge in [0.15, 0.2) is 5.82 Å². The second-order valence-electron chi connectivity index (χ2n) is 5.57. The van der Waals surface area contributed by atoms with Crippen LogP contribution in [0.15, 0.2) is 12.3 Å². The van der Waals surface area contributed by atoms with E-state index >= 15 is 0 Å². The number of nitrogens with zero attached hydrogens (tertiary/aromatic N) is 2. The molecule has 2 atom stereocenters. The fourth-order valence-electron chi connectivity index (χ4n) is 1.83. The highest BCUT2D eigenvalue weighted by atomic mass is 16.5. The van der Waals surface area contributed by atoms with E-state index in [4.69, 9.17) is 10.5 Å². The predicted molar refractivity (Wildman–Crippen MR) is 68.6 cm³/mol. The molecule has 0 fully saturated rings. The molecule has 0 aliphatic heterocycles. The fraction of sp³-hybridized carbons (Fsp3) is 0.692. The van der Waals surface area contributed by atoms with Crippen LogP contribution in [0.25, 0.3) is 0 Å². The van der Waals surface area contributed by atoms with Crippen molar-refractivity contribution in [3.05, 3.63) is 23.8 Å². The Hall–Kier alpha value is -1.00. The molecule has 0 spiro atoms. The minimum Gasteiger partial charge on any atom is -0.373 e. The van der Waals surface area contributed by atoms with Gasteiger partial charge in [-0.15, -0.1) is 0 Å². The second-order valence-corrected chi connectivity index (χ2v) is 5.57. The third-order valence-corrected chi connectivity index (χ3v) is 2.52. The Morgan fingerprint density at radius 3 is 2.53 bits per heavy atom. The molecule has 0 aliphatic rings. The predicted octanol–water partition coefficient (Wildman–Crippen LogP) is 2.10. The Kier molecular flexibility index (Phi) is 4.60. The molecular weight excluding hydrogens is 214 g/mol. The van der Waals surface area contributed by atoms with Crippen molar-refractivity contribution in [1.82, 2.24) is 9.97 Å². The normalized spacial score (nSPS) is 15.6. The molecule has 0 bridgehead atoms. The first-order valence-electron chi connectivity index (χ1n) is 5.94. The summed E-state index contributed by atoms with van der Waals surface area (Å²) >= 11 is 0. The summed E-state index contributed by atoms with van der Waals surface area (Å²) < 4.78 is 5.50. The SMILES string of the molecule is COC(c1nccc(CC(C)N)n1)C(C)(C)C. The van der Waals surface area contributed by atoms with Crippen LogP contribution in [0.5, 0.6) is 0 Å². The molecule has 0 aromatic carbocycles. The van der Waals surface area contributed by atoms with Crippen molar-refractivity contribution in [1.29, 1.82) is 0 Å². The van der Waals surface area contributed by atoms with E-state index in [0.717, 1.165) is 17.9 Å². The lowest BCUT2D eigenvalue weighted by molar-refractivity contribution is 0.00849. The van der Waals surface area contributed by atoms with Crippen LogP contribution >= 0.6 is 0 Å². The molecule has 2 N–H and O–H groups in total. The average Bonchev–Trinajstić information content (AvgIpc) is 2.15. The van der Waals surface area contributed by atoms with Crippen molar-refractivity contribution >= 4 is 0 Å². The van der Waals surface area contributed by atoms with Gasteiger partial charge in [0, 0.05) is 31.5 Å². The van der Waals surface area contributed by atoms with Crippen LogP contribution in [0.2, 0.25) is 0 Å². The zero-order chi connectivity index (χ0) is 13.1. The Morgan fingerprint density at radius 1 is 1.41 bits per heavy atom. The van der Waals surface area contributed by atoms with Crippen LogP contribution < -0.4 is 5.73 Å². The zero-order valence-electron chi connectivity index (χ0n) is 11.4. The van der Waals surface area contributed by atoms with E-state index in [-0.39, 0.29) is 17.6 Å². The zero-order valence-corrected chi connectivity index (χ0v) is 11.4. The third kappa shape index (κ3) is 4.06. The van der Waals surface area contributed by atoms with E-state index in [9.17, 15) is 0 Å². The van der Waals surface area contributed by atoms with Crippen molar-refractivity contribution in [2.75, 3.05) is 7.11 Å². The number of hydrogen-bond acceptors (Lipinski definition) is 4. The van der Waals surface area contributed by atoms with Gasteiger partial charge in [0.25, 0.3) is 0 Å². The van der Waals surface area contributed by atoms with E-state index in [2.05, 4.69) is 30.7 Å². The Morgan fingerprint density at radius 2 is 2.06 bits per heavy atom. The molecule has 1 rings (SSSR count). The summed E-state index contributed by atoms with van der Waals surface area (Å²) in [6.45, 7) is 8.31. The van der Waals surface area contributed by atoms with Crippen molar-refractivity contribution in [2.45, 2.75) is 46.3 Å². The monoisotopic (exact) mass is 237 g/mol. The van der Waals surface area contributed by atoms with E-state index in [1.165, 1.54) is 0 Å². The maximum atomic E-state index is 5.78. The summed E-state index contributed by atoms with van der Waals surface area (Å²) in [5.74, 6) is 0.734. The minimum atomic E-state index is -0.101. The van der Waals surface area contributed by atoms with Crippen molar-refractivity contribution in [2.24, 2.45) is 11.1 Å². The summed E-state index contributed by atoms with van der Waals surface area (Å²) in [6.07, 6.45) is 2.43. The maximum absolute atomic E-state index is 5.78. The average molecular weight is 237 g/mol. The first-order valence-corrected chi connectivity index (χ1v) is 5.94. The summed E-state index contributed by atoms with van der Waals surface area (Å²) in [7, 11) is 1.69. The van der Waals surface area contributed by atoms with Crippen LogP contribution in [0.1, 0.15) is 45.3 Å². The summed E-state index contributed by atoms with van der Waals surface area (Å²) in [5, 5.41) is 0. The van der Waals surface area contributed by atoms with Crippen LogP contribution in [0, 0.1) is 5.41 Å². The Labute approximate surface area is 104 Å². The molecule has 4 heteroatoms. The fourth-order valence-corrected chi connectivity index (χ4v) is 1.83.